The van der Waals surface area contributed by atoms with E-state index < -0.39 is 0 Å². The summed E-state index contributed by atoms with van der Waals surface area (Å²) < 4.78 is 5.40. The third kappa shape index (κ3) is 3.41. The summed E-state index contributed by atoms with van der Waals surface area (Å²) in [4.78, 5) is 0. The van der Waals surface area contributed by atoms with E-state index in [0.717, 1.165) is 31.9 Å². The largest absolute Gasteiger partial charge is 0.505 e. The van der Waals surface area contributed by atoms with Crippen LogP contribution in [0.1, 0.15) is 12.8 Å². The standard InChI is InChI=1S/C12H15Cl2NO2/c13-10-4-9(5-11(14)12(10)16)15-6-8-2-1-3-17-7-8/h4-5,8,15-16H,1-3,6-7H2. The van der Waals surface area contributed by atoms with Crippen LogP contribution in [-0.4, -0.2) is 24.9 Å². The van der Waals surface area contributed by atoms with Gasteiger partial charge in [0.05, 0.1) is 16.7 Å². The van der Waals surface area contributed by atoms with Crippen LogP contribution in [-0.2, 0) is 4.74 Å². The molecule has 0 spiro atoms. The van der Waals surface area contributed by atoms with E-state index in [1.54, 1.807) is 12.1 Å². The number of phenols is 1. The van der Waals surface area contributed by atoms with Gasteiger partial charge in [0.2, 0.25) is 0 Å². The molecule has 1 aromatic carbocycles. The van der Waals surface area contributed by atoms with Gasteiger partial charge in [-0.2, -0.15) is 0 Å². The SMILES string of the molecule is Oc1c(Cl)cc(NCC2CCCOC2)cc1Cl. The van der Waals surface area contributed by atoms with Crippen molar-refractivity contribution in [2.24, 2.45) is 5.92 Å². The van der Waals surface area contributed by atoms with Gasteiger partial charge in [-0.3, -0.25) is 0 Å². The van der Waals surface area contributed by atoms with E-state index in [9.17, 15) is 5.11 Å². The molecule has 0 saturated carbocycles. The summed E-state index contributed by atoms with van der Waals surface area (Å²) in [6.07, 6.45) is 2.29. The van der Waals surface area contributed by atoms with Crippen LogP contribution in [0.5, 0.6) is 5.75 Å². The zero-order valence-electron chi connectivity index (χ0n) is 9.38. The minimum atomic E-state index is -0.0696. The van der Waals surface area contributed by atoms with Crippen molar-refractivity contribution in [2.45, 2.75) is 12.8 Å². The fraction of sp³-hybridized carbons (Fsp3) is 0.500. The molecule has 0 bridgehead atoms. The van der Waals surface area contributed by atoms with Crippen molar-refractivity contribution in [1.82, 2.24) is 0 Å². The van der Waals surface area contributed by atoms with Gasteiger partial charge in [0.15, 0.2) is 5.75 Å². The predicted octanol–water partition coefficient (Wildman–Crippen LogP) is 3.54. The van der Waals surface area contributed by atoms with Crippen LogP contribution in [0.3, 0.4) is 0 Å². The lowest BCUT2D eigenvalue weighted by atomic mass is 10.0. The van der Waals surface area contributed by atoms with Gasteiger partial charge in [-0.05, 0) is 30.9 Å². The minimum absolute atomic E-state index is 0.0696. The van der Waals surface area contributed by atoms with Crippen LogP contribution in [0, 0.1) is 5.92 Å². The number of anilines is 1. The maximum atomic E-state index is 9.44. The molecule has 0 amide bonds. The molecule has 2 N–H and O–H groups in total. The predicted molar refractivity (Wildman–Crippen MR) is 70.2 cm³/mol. The van der Waals surface area contributed by atoms with Gasteiger partial charge < -0.3 is 15.2 Å². The van der Waals surface area contributed by atoms with E-state index >= 15 is 0 Å². The summed E-state index contributed by atoms with van der Waals surface area (Å²) in [5, 5.41) is 13.2. The molecule has 1 unspecified atom stereocenters. The Morgan fingerprint density at radius 3 is 2.65 bits per heavy atom. The molecule has 1 fully saturated rings. The number of aromatic hydroxyl groups is 1. The number of nitrogens with one attached hydrogen (secondary N) is 1. The van der Waals surface area contributed by atoms with E-state index in [-0.39, 0.29) is 15.8 Å². The van der Waals surface area contributed by atoms with E-state index in [2.05, 4.69) is 5.32 Å². The van der Waals surface area contributed by atoms with Crippen molar-refractivity contribution in [2.75, 3.05) is 25.1 Å². The van der Waals surface area contributed by atoms with E-state index in [1.807, 2.05) is 0 Å². The van der Waals surface area contributed by atoms with E-state index in [4.69, 9.17) is 27.9 Å². The molecule has 17 heavy (non-hydrogen) atoms. The fourth-order valence-corrected chi connectivity index (χ4v) is 2.39. The van der Waals surface area contributed by atoms with Gasteiger partial charge in [0, 0.05) is 18.8 Å². The number of ether oxygens (including phenoxy) is 1. The summed E-state index contributed by atoms with van der Waals surface area (Å²) in [5.74, 6) is 0.454. The molecular weight excluding hydrogens is 261 g/mol. The summed E-state index contributed by atoms with van der Waals surface area (Å²) in [6.45, 7) is 2.50. The average Bonchev–Trinajstić information content (AvgIpc) is 2.34. The molecule has 0 aliphatic carbocycles. The number of phenolic OH excluding ortho intramolecular Hbond substituents is 1. The van der Waals surface area contributed by atoms with Gasteiger partial charge in [-0.25, -0.2) is 0 Å². The first-order chi connectivity index (χ1) is 8.16. The maximum absolute atomic E-state index is 9.44. The van der Waals surface area contributed by atoms with Gasteiger partial charge >= 0.3 is 0 Å². The highest BCUT2D eigenvalue weighted by Gasteiger charge is 2.14. The van der Waals surface area contributed by atoms with Crippen LogP contribution in [0.2, 0.25) is 10.0 Å². The van der Waals surface area contributed by atoms with Crippen LogP contribution >= 0.6 is 23.2 Å². The van der Waals surface area contributed by atoms with E-state index in [1.165, 1.54) is 6.42 Å². The monoisotopic (exact) mass is 275 g/mol. The van der Waals surface area contributed by atoms with Crippen molar-refractivity contribution in [1.29, 1.82) is 0 Å². The molecule has 94 valence electrons. The van der Waals surface area contributed by atoms with Gasteiger partial charge in [0.25, 0.3) is 0 Å². The lowest BCUT2D eigenvalue weighted by Gasteiger charge is -2.22. The number of halogens is 2. The Balaban J connectivity index is 1.94. The molecule has 1 aliphatic heterocycles. The van der Waals surface area contributed by atoms with Crippen LogP contribution in [0.25, 0.3) is 0 Å². The third-order valence-electron chi connectivity index (χ3n) is 2.87. The Kier molecular flexibility index (Phi) is 4.37. The molecule has 3 nitrogen and oxygen atoms in total. The molecule has 5 heteroatoms. The topological polar surface area (TPSA) is 41.5 Å². The van der Waals surface area contributed by atoms with Crippen LogP contribution < -0.4 is 5.32 Å². The summed E-state index contributed by atoms with van der Waals surface area (Å²) in [7, 11) is 0. The number of hydrogen-bond donors (Lipinski definition) is 2. The Bertz CT molecular complexity index is 369. The molecule has 0 radical (unpaired) electrons. The van der Waals surface area contributed by atoms with Crippen molar-refractivity contribution in [3.63, 3.8) is 0 Å². The molecule has 1 aromatic rings. The zero-order chi connectivity index (χ0) is 12.3. The first-order valence-electron chi connectivity index (χ1n) is 5.66. The summed E-state index contributed by atoms with van der Waals surface area (Å²) in [6, 6.07) is 3.35. The quantitative estimate of drug-likeness (QED) is 0.830. The molecule has 1 heterocycles. The second-order valence-corrected chi connectivity index (χ2v) is 5.07. The summed E-state index contributed by atoms with van der Waals surface area (Å²) >= 11 is 11.7. The molecule has 1 saturated heterocycles. The normalized spacial score (nSPS) is 20.2. The first kappa shape index (κ1) is 12.8. The van der Waals surface area contributed by atoms with Crippen molar-refractivity contribution >= 4 is 28.9 Å². The molecule has 1 aliphatic rings. The molecule has 1 atom stereocenters. The Morgan fingerprint density at radius 2 is 2.06 bits per heavy atom. The number of benzene rings is 1. The third-order valence-corrected chi connectivity index (χ3v) is 3.44. The molecule has 0 aromatic heterocycles. The maximum Gasteiger partial charge on any atom is 0.152 e. The van der Waals surface area contributed by atoms with E-state index in [0.29, 0.717) is 5.92 Å². The first-order valence-corrected chi connectivity index (χ1v) is 6.42. The Hall–Kier alpha value is -0.640. The lowest BCUT2D eigenvalue weighted by molar-refractivity contribution is 0.0595. The molecular formula is C12H15Cl2NO2. The number of hydrogen-bond acceptors (Lipinski definition) is 3. The minimum Gasteiger partial charge on any atom is -0.505 e. The second-order valence-electron chi connectivity index (χ2n) is 4.25. The van der Waals surface area contributed by atoms with Gasteiger partial charge in [0.1, 0.15) is 0 Å². The van der Waals surface area contributed by atoms with Crippen molar-refractivity contribution in [3.8, 4) is 5.75 Å². The molecule has 2 rings (SSSR count). The zero-order valence-corrected chi connectivity index (χ0v) is 10.9. The Labute approximate surface area is 111 Å². The highest BCUT2D eigenvalue weighted by molar-refractivity contribution is 6.37. The average molecular weight is 276 g/mol. The second kappa shape index (κ2) is 5.80. The van der Waals surface area contributed by atoms with Gasteiger partial charge in [-0.1, -0.05) is 23.2 Å². The highest BCUT2D eigenvalue weighted by atomic mass is 35.5. The lowest BCUT2D eigenvalue weighted by Crippen LogP contribution is -2.24. The number of rotatable bonds is 3. The summed E-state index contributed by atoms with van der Waals surface area (Å²) in [5.41, 5.74) is 0.823. The van der Waals surface area contributed by atoms with Gasteiger partial charge in [-0.15, -0.1) is 0 Å². The van der Waals surface area contributed by atoms with Crippen molar-refractivity contribution < 1.29 is 9.84 Å². The van der Waals surface area contributed by atoms with Crippen LogP contribution in [0.15, 0.2) is 12.1 Å². The van der Waals surface area contributed by atoms with Crippen LogP contribution in [0.4, 0.5) is 5.69 Å². The highest BCUT2D eigenvalue weighted by Crippen LogP contribution is 2.34. The van der Waals surface area contributed by atoms with Crippen molar-refractivity contribution in [3.05, 3.63) is 22.2 Å². The Morgan fingerprint density at radius 1 is 1.35 bits per heavy atom. The smallest absolute Gasteiger partial charge is 0.152 e. The fourth-order valence-electron chi connectivity index (χ4n) is 1.90.